The number of sulfonamides is 1. The van der Waals surface area contributed by atoms with E-state index in [-0.39, 0.29) is 30.1 Å². The van der Waals surface area contributed by atoms with Gasteiger partial charge < -0.3 is 9.84 Å². The van der Waals surface area contributed by atoms with Crippen molar-refractivity contribution in [2.45, 2.75) is 63.1 Å². The highest BCUT2D eigenvalue weighted by molar-refractivity contribution is 7.89. The molecular formula is C26H36N4O4S. The average molecular weight is 501 g/mol. The topological polar surface area (TPSA) is 95.9 Å². The molecule has 8 nitrogen and oxygen atoms in total. The third-order valence-electron chi connectivity index (χ3n) is 6.89. The molecule has 0 unspecified atom stereocenters. The maximum absolute atomic E-state index is 13.7. The van der Waals surface area contributed by atoms with Gasteiger partial charge in [-0.2, -0.15) is 4.31 Å². The maximum atomic E-state index is 13.7. The van der Waals surface area contributed by atoms with Crippen molar-refractivity contribution in [3.05, 3.63) is 54.1 Å². The van der Waals surface area contributed by atoms with Crippen LogP contribution in [0.3, 0.4) is 0 Å². The molecule has 1 aromatic heterocycles. The maximum Gasteiger partial charge on any atom is 0.247 e. The van der Waals surface area contributed by atoms with Crippen molar-refractivity contribution in [2.75, 3.05) is 26.7 Å². The van der Waals surface area contributed by atoms with Gasteiger partial charge >= 0.3 is 0 Å². The van der Waals surface area contributed by atoms with E-state index in [0.29, 0.717) is 18.8 Å². The van der Waals surface area contributed by atoms with Crippen LogP contribution in [0.4, 0.5) is 0 Å². The number of allylic oxidation sites excluding steroid dienone is 2. The minimum absolute atomic E-state index is 0.0982. The van der Waals surface area contributed by atoms with E-state index in [1.807, 2.05) is 26.1 Å². The Hall–Kier alpha value is -2.33. The molecule has 1 N–H and O–H groups in total. The van der Waals surface area contributed by atoms with E-state index < -0.39 is 16.1 Å². The smallest absolute Gasteiger partial charge is 0.247 e. The number of aliphatic hydroxyl groups excluding tert-OH is 1. The number of ether oxygens (including phenoxy) is 1. The summed E-state index contributed by atoms with van der Waals surface area (Å²) >= 11 is 0. The molecule has 3 atom stereocenters. The molecular weight excluding hydrogens is 464 g/mol. The van der Waals surface area contributed by atoms with Crippen LogP contribution < -0.4 is 4.74 Å². The van der Waals surface area contributed by atoms with Gasteiger partial charge in [0.1, 0.15) is 23.1 Å². The largest absolute Gasteiger partial charge is 0.487 e. The van der Waals surface area contributed by atoms with Gasteiger partial charge in [0.05, 0.1) is 6.61 Å². The lowest BCUT2D eigenvalue weighted by Crippen LogP contribution is -2.49. The molecule has 4 rings (SSSR count). The molecule has 0 fully saturated rings. The van der Waals surface area contributed by atoms with Crippen molar-refractivity contribution < 1.29 is 18.3 Å². The molecule has 2 heterocycles. The predicted molar refractivity (Wildman–Crippen MR) is 135 cm³/mol. The zero-order valence-electron chi connectivity index (χ0n) is 20.8. The summed E-state index contributed by atoms with van der Waals surface area (Å²) in [4.78, 5) is 10.5. The summed E-state index contributed by atoms with van der Waals surface area (Å²) in [6, 6.07) is 4.92. The van der Waals surface area contributed by atoms with Gasteiger partial charge in [-0.1, -0.05) is 19.1 Å². The lowest BCUT2D eigenvalue weighted by atomic mass is 9.93. The summed E-state index contributed by atoms with van der Waals surface area (Å²) in [7, 11) is -1.83. The Morgan fingerprint density at radius 3 is 2.71 bits per heavy atom. The summed E-state index contributed by atoms with van der Waals surface area (Å²) in [5.41, 5.74) is 3.26. The molecule has 1 aliphatic heterocycles. The fourth-order valence-corrected chi connectivity index (χ4v) is 6.66. The summed E-state index contributed by atoms with van der Waals surface area (Å²) < 4.78 is 35.3. The van der Waals surface area contributed by atoms with E-state index in [1.165, 1.54) is 22.6 Å². The molecule has 190 valence electrons. The Morgan fingerprint density at radius 2 is 2.03 bits per heavy atom. The highest BCUT2D eigenvalue weighted by Crippen LogP contribution is 2.37. The van der Waals surface area contributed by atoms with Crippen LogP contribution in [0.2, 0.25) is 0 Å². The molecule has 0 spiro atoms. The van der Waals surface area contributed by atoms with Crippen molar-refractivity contribution >= 4 is 15.6 Å². The van der Waals surface area contributed by atoms with Crippen LogP contribution in [-0.4, -0.2) is 71.6 Å². The third kappa shape index (κ3) is 5.91. The van der Waals surface area contributed by atoms with Crippen LogP contribution in [0.25, 0.3) is 5.57 Å². The number of aliphatic hydroxyl groups is 1. The van der Waals surface area contributed by atoms with Crippen LogP contribution in [0.15, 0.2) is 47.9 Å². The van der Waals surface area contributed by atoms with Crippen LogP contribution in [-0.2, 0) is 16.6 Å². The van der Waals surface area contributed by atoms with Crippen molar-refractivity contribution in [1.29, 1.82) is 0 Å². The molecule has 35 heavy (non-hydrogen) atoms. The standard InChI is InChI=1S/C26H36N4O4S/c1-19-14-30(20(2)17-31)35(32,33)26-10-9-23(22-7-5-4-6-8-22)11-24(26)34-25(19)16-29(3)15-21-12-27-18-28-13-21/h7,9-13,18-20,25,31H,4-6,8,14-17H2,1-3H3/t19-,20-,25+/m0/s1. The van der Waals surface area contributed by atoms with Crippen LogP contribution >= 0.6 is 0 Å². The van der Waals surface area contributed by atoms with E-state index in [4.69, 9.17) is 4.74 Å². The van der Waals surface area contributed by atoms with E-state index in [2.05, 4.69) is 20.9 Å². The Balaban J connectivity index is 1.69. The fourth-order valence-electron chi connectivity index (χ4n) is 4.84. The highest BCUT2D eigenvalue weighted by Gasteiger charge is 2.38. The van der Waals surface area contributed by atoms with Gasteiger partial charge in [-0.25, -0.2) is 18.4 Å². The van der Waals surface area contributed by atoms with Gasteiger partial charge in [0.15, 0.2) is 0 Å². The lowest BCUT2D eigenvalue weighted by molar-refractivity contribution is 0.0733. The summed E-state index contributed by atoms with van der Waals surface area (Å²) in [6.45, 7) is 5.03. The second kappa shape index (κ2) is 11.2. The van der Waals surface area contributed by atoms with Gasteiger partial charge in [0.25, 0.3) is 0 Å². The molecule has 1 aliphatic carbocycles. The van der Waals surface area contributed by atoms with Crippen molar-refractivity contribution in [1.82, 2.24) is 19.2 Å². The number of hydrogen-bond acceptors (Lipinski definition) is 7. The number of aromatic nitrogens is 2. The summed E-state index contributed by atoms with van der Waals surface area (Å²) in [5, 5.41) is 9.84. The minimum Gasteiger partial charge on any atom is -0.487 e. The van der Waals surface area contributed by atoms with Crippen LogP contribution in [0.5, 0.6) is 5.75 Å². The fraction of sp³-hybridized carbons (Fsp3) is 0.538. The van der Waals surface area contributed by atoms with Gasteiger partial charge in [-0.05, 0) is 62.9 Å². The molecule has 0 saturated carbocycles. The zero-order valence-corrected chi connectivity index (χ0v) is 21.6. The molecule has 0 amide bonds. The number of hydrogen-bond donors (Lipinski definition) is 1. The first kappa shape index (κ1) is 25.8. The van der Waals surface area contributed by atoms with E-state index in [0.717, 1.165) is 30.4 Å². The third-order valence-corrected chi connectivity index (χ3v) is 8.91. The van der Waals surface area contributed by atoms with Gasteiger partial charge in [-0.15, -0.1) is 0 Å². The first-order chi connectivity index (χ1) is 16.8. The van der Waals surface area contributed by atoms with Crippen molar-refractivity contribution in [3.8, 4) is 5.75 Å². The van der Waals surface area contributed by atoms with Crippen LogP contribution in [0.1, 0.15) is 50.7 Å². The molecule has 1 aromatic carbocycles. The number of nitrogens with zero attached hydrogens (tertiary/aromatic N) is 4. The van der Waals surface area contributed by atoms with Gasteiger partial charge in [-0.3, -0.25) is 4.90 Å². The molecule has 0 radical (unpaired) electrons. The quantitative estimate of drug-likeness (QED) is 0.623. The Kier molecular flexibility index (Phi) is 8.21. The van der Waals surface area contributed by atoms with Gasteiger partial charge in [0, 0.05) is 49.6 Å². The number of rotatable bonds is 7. The molecule has 9 heteroatoms. The minimum atomic E-state index is -3.84. The molecule has 2 aromatic rings. The lowest BCUT2D eigenvalue weighted by Gasteiger charge is -2.37. The second-order valence-corrected chi connectivity index (χ2v) is 11.7. The summed E-state index contributed by atoms with van der Waals surface area (Å²) in [5.74, 6) is 0.288. The Morgan fingerprint density at radius 1 is 1.26 bits per heavy atom. The first-order valence-electron chi connectivity index (χ1n) is 12.3. The van der Waals surface area contributed by atoms with Crippen molar-refractivity contribution in [2.24, 2.45) is 5.92 Å². The SMILES string of the molecule is C[C@H]1CN([C@@H](C)CO)S(=O)(=O)c2ccc(C3=CCCCC3)cc2O[C@@H]1CN(C)Cc1cncnc1. The number of benzene rings is 1. The van der Waals surface area contributed by atoms with Crippen molar-refractivity contribution in [3.63, 3.8) is 0 Å². The molecule has 0 bridgehead atoms. The Bertz CT molecular complexity index is 1140. The summed E-state index contributed by atoms with van der Waals surface area (Å²) in [6.07, 6.45) is 11.5. The van der Waals surface area contributed by atoms with E-state index in [9.17, 15) is 13.5 Å². The predicted octanol–water partition coefficient (Wildman–Crippen LogP) is 3.33. The van der Waals surface area contributed by atoms with Gasteiger partial charge in [0.2, 0.25) is 10.0 Å². The number of fused-ring (bicyclic) bond motifs is 1. The highest BCUT2D eigenvalue weighted by atomic mass is 32.2. The average Bonchev–Trinajstić information content (AvgIpc) is 2.86. The monoisotopic (exact) mass is 500 g/mol. The number of likely N-dealkylation sites (N-methyl/N-ethyl adjacent to an activating group) is 1. The van der Waals surface area contributed by atoms with E-state index in [1.54, 1.807) is 25.4 Å². The van der Waals surface area contributed by atoms with Crippen LogP contribution in [0, 0.1) is 5.92 Å². The Labute approximate surface area is 208 Å². The second-order valence-electron chi connectivity index (χ2n) is 9.82. The normalized spacial score (nSPS) is 23.5. The zero-order chi connectivity index (χ0) is 25.0. The molecule has 2 aliphatic rings. The first-order valence-corrected chi connectivity index (χ1v) is 13.8. The molecule has 0 saturated heterocycles. The van der Waals surface area contributed by atoms with E-state index >= 15 is 0 Å².